The van der Waals surface area contributed by atoms with Crippen molar-refractivity contribution >= 4 is 40.3 Å². The number of aromatic hydroxyl groups is 2. The lowest BCUT2D eigenvalue weighted by molar-refractivity contribution is -0.114. The number of nitrogens with zero attached hydrogens (tertiary/aromatic N) is 2. The van der Waals surface area contributed by atoms with Crippen LogP contribution in [0.1, 0.15) is 17.0 Å². The summed E-state index contributed by atoms with van der Waals surface area (Å²) < 4.78 is 2.24. The number of benzene rings is 1. The third kappa shape index (κ3) is 2.73. The molecule has 2 aromatic rings. The second-order valence-corrected chi connectivity index (χ2v) is 6.85. The highest BCUT2D eigenvalue weighted by Crippen LogP contribution is 2.34. The van der Waals surface area contributed by atoms with Gasteiger partial charge in [0, 0.05) is 11.4 Å². The largest absolute Gasteiger partial charge is 0.504 e. The predicted octanol–water partition coefficient (Wildman–Crippen LogP) is 3.05. The first kappa shape index (κ1) is 15.6. The normalized spacial score (nSPS) is 16.6. The molecule has 1 aromatic carbocycles. The van der Waals surface area contributed by atoms with Crippen LogP contribution in [-0.4, -0.2) is 25.1 Å². The molecule has 7 heteroatoms. The van der Waals surface area contributed by atoms with Gasteiger partial charge >= 0.3 is 0 Å². The van der Waals surface area contributed by atoms with E-state index in [1.54, 1.807) is 16.8 Å². The maximum atomic E-state index is 12.7. The van der Waals surface area contributed by atoms with Crippen molar-refractivity contribution in [3.63, 3.8) is 0 Å². The minimum atomic E-state index is -0.230. The predicted molar refractivity (Wildman–Crippen MR) is 95.1 cm³/mol. The van der Waals surface area contributed by atoms with E-state index in [0.717, 1.165) is 11.4 Å². The van der Waals surface area contributed by atoms with Gasteiger partial charge in [-0.05, 0) is 62.0 Å². The van der Waals surface area contributed by atoms with Crippen LogP contribution < -0.4 is 5.01 Å². The summed E-state index contributed by atoms with van der Waals surface area (Å²) in [5.41, 5.74) is 2.45. The molecule has 1 fully saturated rings. The van der Waals surface area contributed by atoms with Crippen molar-refractivity contribution in [1.29, 1.82) is 0 Å². The summed E-state index contributed by atoms with van der Waals surface area (Å²) in [6, 6.07) is 8.25. The molecule has 1 aliphatic heterocycles. The lowest BCUT2D eigenvalue weighted by atomic mass is 10.2. The Morgan fingerprint density at radius 1 is 1.09 bits per heavy atom. The molecule has 0 atom stereocenters. The Kier molecular flexibility index (Phi) is 3.91. The van der Waals surface area contributed by atoms with Gasteiger partial charge in [0.25, 0.3) is 5.91 Å². The van der Waals surface area contributed by atoms with Crippen molar-refractivity contribution in [3.8, 4) is 11.5 Å². The van der Waals surface area contributed by atoms with E-state index in [0.29, 0.717) is 14.8 Å². The molecule has 5 nitrogen and oxygen atoms in total. The highest BCUT2D eigenvalue weighted by Gasteiger charge is 2.34. The Bertz CT molecular complexity index is 836. The van der Waals surface area contributed by atoms with E-state index >= 15 is 0 Å². The molecule has 23 heavy (non-hydrogen) atoms. The number of rotatable bonds is 2. The highest BCUT2D eigenvalue weighted by molar-refractivity contribution is 8.27. The number of aryl methyl sites for hydroxylation is 2. The maximum Gasteiger partial charge on any atom is 0.285 e. The van der Waals surface area contributed by atoms with Crippen LogP contribution in [-0.2, 0) is 4.79 Å². The molecular formula is C16H14N2O3S2. The summed E-state index contributed by atoms with van der Waals surface area (Å²) in [6.07, 6.45) is 1.65. The first-order chi connectivity index (χ1) is 10.9. The average molecular weight is 346 g/mol. The van der Waals surface area contributed by atoms with Crippen LogP contribution in [0.4, 0.5) is 0 Å². The smallest absolute Gasteiger partial charge is 0.285 e. The van der Waals surface area contributed by atoms with Crippen LogP contribution in [0.25, 0.3) is 6.08 Å². The topological polar surface area (TPSA) is 65.7 Å². The van der Waals surface area contributed by atoms with Crippen molar-refractivity contribution < 1.29 is 15.0 Å². The molecule has 0 radical (unpaired) electrons. The van der Waals surface area contributed by atoms with Gasteiger partial charge in [0.05, 0.1) is 4.91 Å². The van der Waals surface area contributed by atoms with Crippen LogP contribution in [0.15, 0.2) is 35.2 Å². The zero-order valence-electron chi connectivity index (χ0n) is 12.5. The van der Waals surface area contributed by atoms with Crippen LogP contribution in [0, 0.1) is 13.8 Å². The lowest BCUT2D eigenvalue weighted by Gasteiger charge is -2.20. The molecule has 0 aliphatic carbocycles. The Hall–Kier alpha value is -2.25. The molecule has 0 bridgehead atoms. The Morgan fingerprint density at radius 2 is 1.74 bits per heavy atom. The zero-order chi connectivity index (χ0) is 16.7. The minimum Gasteiger partial charge on any atom is -0.504 e. The lowest BCUT2D eigenvalue weighted by Crippen LogP contribution is -2.39. The van der Waals surface area contributed by atoms with E-state index in [4.69, 9.17) is 12.2 Å². The van der Waals surface area contributed by atoms with Crippen molar-refractivity contribution in [2.24, 2.45) is 0 Å². The van der Waals surface area contributed by atoms with Crippen molar-refractivity contribution in [3.05, 3.63) is 52.2 Å². The van der Waals surface area contributed by atoms with Crippen LogP contribution in [0.5, 0.6) is 11.5 Å². The highest BCUT2D eigenvalue weighted by atomic mass is 32.2. The number of carbonyl (C=O) groups is 1. The van der Waals surface area contributed by atoms with E-state index < -0.39 is 0 Å². The fraction of sp³-hybridized carbons (Fsp3) is 0.125. The summed E-state index contributed by atoms with van der Waals surface area (Å²) >= 11 is 6.55. The molecule has 1 saturated heterocycles. The van der Waals surface area contributed by atoms with Gasteiger partial charge in [-0.25, -0.2) is 0 Å². The first-order valence-electron chi connectivity index (χ1n) is 6.83. The zero-order valence-corrected chi connectivity index (χ0v) is 14.1. The fourth-order valence-corrected chi connectivity index (χ4v) is 3.63. The standard InChI is InChI=1S/C16H14N2O3S2/c1-9-3-4-10(2)17(9)18-15(21)14(23-16(18)22)8-11-5-6-12(19)13(20)7-11/h3-8,19-20H,1-2H3/b14-8+. The molecule has 2 N–H and O–H groups in total. The van der Waals surface area contributed by atoms with Gasteiger partial charge in [0.1, 0.15) is 0 Å². The molecule has 1 aliphatic rings. The number of hydrogen-bond donors (Lipinski definition) is 2. The van der Waals surface area contributed by atoms with Crippen molar-refractivity contribution in [2.45, 2.75) is 13.8 Å². The molecule has 0 unspecified atom stereocenters. The van der Waals surface area contributed by atoms with E-state index in [2.05, 4.69) is 0 Å². The average Bonchev–Trinajstić information content (AvgIpc) is 2.95. The minimum absolute atomic E-state index is 0.201. The molecule has 0 saturated carbocycles. The van der Waals surface area contributed by atoms with Crippen LogP contribution >= 0.6 is 24.0 Å². The van der Waals surface area contributed by atoms with E-state index in [-0.39, 0.29) is 17.4 Å². The quantitative estimate of drug-likeness (QED) is 0.497. The molecule has 0 spiro atoms. The van der Waals surface area contributed by atoms with E-state index in [1.165, 1.54) is 28.9 Å². The number of hydrogen-bond acceptors (Lipinski definition) is 5. The second kappa shape index (κ2) is 5.75. The number of carbonyl (C=O) groups excluding carboxylic acids is 1. The summed E-state index contributed by atoms with van der Waals surface area (Å²) in [7, 11) is 0. The summed E-state index contributed by atoms with van der Waals surface area (Å²) in [6.45, 7) is 3.82. The monoisotopic (exact) mass is 346 g/mol. The molecule has 2 heterocycles. The Labute approximate surface area is 142 Å². The van der Waals surface area contributed by atoms with Gasteiger partial charge in [0.15, 0.2) is 15.8 Å². The van der Waals surface area contributed by atoms with Crippen molar-refractivity contribution in [2.75, 3.05) is 5.01 Å². The number of amides is 1. The van der Waals surface area contributed by atoms with Crippen LogP contribution in [0.3, 0.4) is 0 Å². The number of thioether (sulfide) groups is 1. The first-order valence-corrected chi connectivity index (χ1v) is 8.06. The number of phenols is 2. The van der Waals surface area contributed by atoms with Gasteiger partial charge in [0.2, 0.25) is 0 Å². The molecule has 118 valence electrons. The maximum absolute atomic E-state index is 12.7. The van der Waals surface area contributed by atoms with Gasteiger partial charge in [-0.2, -0.15) is 5.01 Å². The summed E-state index contributed by atoms with van der Waals surface area (Å²) in [4.78, 5) is 13.2. The molecule has 1 amide bonds. The summed E-state index contributed by atoms with van der Waals surface area (Å²) in [5, 5.41) is 20.4. The SMILES string of the molecule is Cc1ccc(C)n1N1C(=O)/C(=C\c2ccc(O)c(O)c2)SC1=S. The van der Waals surface area contributed by atoms with Crippen molar-refractivity contribution in [1.82, 2.24) is 4.68 Å². The van der Waals surface area contributed by atoms with Gasteiger partial charge in [-0.15, -0.1) is 0 Å². The third-order valence-electron chi connectivity index (χ3n) is 3.50. The molecular weight excluding hydrogens is 332 g/mol. The van der Waals surface area contributed by atoms with Gasteiger partial charge in [-0.1, -0.05) is 17.8 Å². The van der Waals surface area contributed by atoms with Gasteiger partial charge < -0.3 is 10.2 Å². The second-order valence-electron chi connectivity index (χ2n) is 5.17. The van der Waals surface area contributed by atoms with E-state index in [9.17, 15) is 15.0 Å². The summed E-state index contributed by atoms with van der Waals surface area (Å²) in [5.74, 6) is -0.644. The Balaban J connectivity index is 1.98. The number of phenolic OH excluding ortho intramolecular Hbond substituents is 2. The molecule has 3 rings (SSSR count). The number of thiocarbonyl (C=S) groups is 1. The van der Waals surface area contributed by atoms with Gasteiger partial charge in [-0.3, -0.25) is 9.47 Å². The third-order valence-corrected chi connectivity index (χ3v) is 4.79. The van der Waals surface area contributed by atoms with E-state index in [1.807, 2.05) is 26.0 Å². The Morgan fingerprint density at radius 3 is 2.35 bits per heavy atom. The molecule has 1 aromatic heterocycles. The van der Waals surface area contributed by atoms with Crippen LogP contribution in [0.2, 0.25) is 0 Å². The number of aromatic nitrogens is 1. The fourth-order valence-electron chi connectivity index (χ4n) is 2.39.